The maximum Gasteiger partial charge on any atom is 0.416 e. The molecule has 2 aromatic heterocycles. The van der Waals surface area contributed by atoms with Gasteiger partial charge in [0.1, 0.15) is 41.9 Å². The minimum Gasteiger partial charge on any atom is -0.481 e. The Labute approximate surface area is 436 Å². The van der Waals surface area contributed by atoms with Crippen LogP contribution in [0.1, 0.15) is 59.2 Å². The molecule has 0 aliphatic carbocycles. The summed E-state index contributed by atoms with van der Waals surface area (Å²) in [5.74, 6) is -18.1. The molecule has 4 aromatic rings. The Kier molecular flexibility index (Phi) is 27.7. The largest absolute Gasteiger partial charge is 0.481 e. The van der Waals surface area contributed by atoms with Crippen molar-refractivity contribution in [3.05, 3.63) is 130 Å². The van der Waals surface area contributed by atoms with Crippen LogP contribution in [-0.2, 0) is 70.2 Å². The molecule has 0 saturated carbocycles. The van der Waals surface area contributed by atoms with Gasteiger partial charge in [-0.15, -0.1) is 0 Å². The number of carboxylic acids is 8. The maximum atomic E-state index is 13.6. The van der Waals surface area contributed by atoms with E-state index in [9.17, 15) is 69.1 Å². The van der Waals surface area contributed by atoms with E-state index >= 15 is 0 Å². The summed E-state index contributed by atoms with van der Waals surface area (Å²) in [6.45, 7) is 0. The number of aliphatic carboxylic acids is 8. The molecule has 30 heteroatoms. The minimum atomic E-state index is -4.70. The van der Waals surface area contributed by atoms with Crippen molar-refractivity contribution in [2.24, 2.45) is 46.6 Å². The molecule has 8 atom stereocenters. The number of hydrogen-bond acceptors (Lipinski definition) is 15. The Morgan fingerprint density at radius 2 is 0.949 bits per heavy atom. The first-order valence-electron chi connectivity index (χ1n) is 22.3. The quantitative estimate of drug-likeness (QED) is 0.0354. The zero-order chi connectivity index (χ0) is 59.8. The van der Waals surface area contributed by atoms with Gasteiger partial charge in [-0.2, -0.15) is 27.2 Å². The minimum absolute atomic E-state index is 0.0566. The molecule has 0 spiro atoms. The number of hydrogen-bond donors (Lipinski definition) is 12. The number of nitriles is 1. The Bertz CT molecular complexity index is 2790. The van der Waals surface area contributed by atoms with Crippen LogP contribution in [0.15, 0.2) is 72.9 Å². The second-order valence-corrected chi connectivity index (χ2v) is 16.8. The van der Waals surface area contributed by atoms with Gasteiger partial charge in [0.25, 0.3) is 0 Å². The first-order valence-corrected chi connectivity index (χ1v) is 22.3. The molecule has 0 aliphatic rings. The highest BCUT2D eigenvalue weighted by molar-refractivity contribution is 5.78. The van der Waals surface area contributed by atoms with Gasteiger partial charge < -0.3 is 63.8 Å². The third-order valence-corrected chi connectivity index (χ3v) is 10.8. The van der Waals surface area contributed by atoms with E-state index in [0.717, 1.165) is 12.1 Å². The molecule has 78 heavy (non-hydrogen) atoms. The molecule has 0 fully saturated rings. The number of alkyl halides is 3. The van der Waals surface area contributed by atoms with Crippen LogP contribution >= 0.6 is 0 Å². The van der Waals surface area contributed by atoms with Crippen LogP contribution in [0.3, 0.4) is 0 Å². The highest BCUT2D eigenvalue weighted by Gasteiger charge is 2.33. The highest BCUT2D eigenvalue weighted by atomic mass is 19.4. The van der Waals surface area contributed by atoms with E-state index in [0.29, 0.717) is 23.8 Å². The number of rotatable bonds is 24. The SMILES string of the molecule is N#Cc1ccc(CC(CC(N)C(=O)O)C(=O)O)cc1[18F].NC(CC(Cc1cc(C(F)(F)F)ccc1[18F])C(=O)O)C(=O)O.NC(CC(Cc1cccc([18F])n1)C(=O)O)C(=O)O.NC(CC(Cc1cccnc1[18F])C(=O)O)C(=O)O. The van der Waals surface area contributed by atoms with Crippen molar-refractivity contribution >= 4 is 47.8 Å². The monoisotopic (exact) mass is 1110 g/mol. The molecule has 424 valence electrons. The highest BCUT2D eigenvalue weighted by Crippen LogP contribution is 2.31. The lowest BCUT2D eigenvalue weighted by Gasteiger charge is -2.16. The number of benzene rings is 2. The van der Waals surface area contributed by atoms with Crippen molar-refractivity contribution in [2.45, 2.75) is 81.7 Å². The van der Waals surface area contributed by atoms with Crippen molar-refractivity contribution < 1.29 is 110 Å². The lowest BCUT2D eigenvalue weighted by molar-refractivity contribution is -0.145. The number of carbonyl (C=O) groups is 8. The van der Waals surface area contributed by atoms with Crippen molar-refractivity contribution in [1.82, 2.24) is 9.97 Å². The Morgan fingerprint density at radius 3 is 1.33 bits per heavy atom. The van der Waals surface area contributed by atoms with Gasteiger partial charge in [0.2, 0.25) is 11.9 Å². The average Bonchev–Trinajstić information content (AvgIpc) is 3.34. The summed E-state index contributed by atoms with van der Waals surface area (Å²) < 4.78 is 90.8. The molecule has 0 amide bonds. The molecule has 0 radical (unpaired) electrons. The number of carboxylic acid groups (broad SMARTS) is 8. The van der Waals surface area contributed by atoms with Gasteiger partial charge in [-0.05, 0) is 105 Å². The maximum absolute atomic E-state index is 13.6. The van der Waals surface area contributed by atoms with Crippen LogP contribution in [0, 0.1) is 58.5 Å². The van der Waals surface area contributed by atoms with Gasteiger partial charge in [-0.3, -0.25) is 38.4 Å². The molecule has 0 bridgehead atoms. The number of pyridine rings is 2. The summed E-state index contributed by atoms with van der Waals surface area (Å²) in [4.78, 5) is 93.4. The third-order valence-electron chi connectivity index (χ3n) is 10.8. The van der Waals surface area contributed by atoms with Crippen LogP contribution in [0.5, 0.6) is 0 Å². The van der Waals surface area contributed by atoms with Gasteiger partial charge in [0.05, 0.1) is 34.8 Å². The fourth-order valence-corrected chi connectivity index (χ4v) is 6.60. The van der Waals surface area contributed by atoms with Gasteiger partial charge in [0.15, 0.2) is 0 Å². The van der Waals surface area contributed by atoms with Crippen molar-refractivity contribution in [3.63, 3.8) is 0 Å². The molecular formula is C48H52F7N7O16. The van der Waals surface area contributed by atoms with Crippen LogP contribution in [0.25, 0.3) is 0 Å². The van der Waals surface area contributed by atoms with Crippen LogP contribution in [-0.4, -0.2) is 123 Å². The van der Waals surface area contributed by atoms with Crippen molar-refractivity contribution in [1.29, 1.82) is 5.26 Å². The summed E-state index contributed by atoms with van der Waals surface area (Å²) in [6, 6.07) is 8.62. The van der Waals surface area contributed by atoms with Crippen molar-refractivity contribution in [3.8, 4) is 6.07 Å². The van der Waals surface area contributed by atoms with E-state index in [4.69, 9.17) is 69.0 Å². The molecule has 16 N–H and O–H groups in total. The number of nitrogens with two attached hydrogens (primary N) is 4. The van der Waals surface area contributed by atoms with Crippen molar-refractivity contribution in [2.75, 3.05) is 0 Å². The Balaban J connectivity index is 0.000000522. The summed E-state index contributed by atoms with van der Waals surface area (Å²) in [5, 5.41) is 79.1. The van der Waals surface area contributed by atoms with Gasteiger partial charge in [-0.1, -0.05) is 18.2 Å². The molecular weight excluding hydrogens is 1060 g/mol. The fraction of sp³-hybridized carbons (Fsp3) is 0.354. The summed E-state index contributed by atoms with van der Waals surface area (Å²) >= 11 is 0. The molecule has 2 heterocycles. The van der Waals surface area contributed by atoms with E-state index < -0.39 is 149 Å². The predicted molar refractivity (Wildman–Crippen MR) is 251 cm³/mol. The van der Waals surface area contributed by atoms with E-state index in [2.05, 4.69) is 9.97 Å². The van der Waals surface area contributed by atoms with Crippen LogP contribution < -0.4 is 22.9 Å². The van der Waals surface area contributed by atoms with E-state index in [1.807, 2.05) is 0 Å². The summed E-state index contributed by atoms with van der Waals surface area (Å²) in [6.07, 6.45) is -5.58. The lowest BCUT2D eigenvalue weighted by atomic mass is 9.92. The zero-order valence-electron chi connectivity index (χ0n) is 40.3. The molecule has 2 aromatic carbocycles. The number of halogens is 7. The van der Waals surface area contributed by atoms with E-state index in [-0.39, 0.29) is 55.3 Å². The first kappa shape index (κ1) is 67.4. The lowest BCUT2D eigenvalue weighted by Crippen LogP contribution is -2.35. The van der Waals surface area contributed by atoms with Gasteiger partial charge in [-0.25, -0.2) is 18.7 Å². The molecule has 0 aliphatic heterocycles. The molecule has 8 unspecified atom stereocenters. The second kappa shape index (κ2) is 32.0. The topological polar surface area (TPSA) is 452 Å². The average molecular weight is 1110 g/mol. The normalized spacial score (nSPS) is 13.9. The predicted octanol–water partition coefficient (Wildman–Crippen LogP) is 3.16. The Hall–Kier alpha value is -8.66. The summed E-state index contributed by atoms with van der Waals surface area (Å²) in [5.41, 5.74) is 20.1. The van der Waals surface area contributed by atoms with Crippen LogP contribution in [0.4, 0.5) is 30.7 Å². The molecule has 4 rings (SSSR count). The third kappa shape index (κ3) is 24.3. The van der Waals surface area contributed by atoms with Crippen LogP contribution in [0.2, 0.25) is 0 Å². The van der Waals surface area contributed by atoms with Gasteiger partial charge in [0, 0.05) is 23.9 Å². The fourth-order valence-electron chi connectivity index (χ4n) is 6.60. The first-order chi connectivity index (χ1) is 36.2. The molecule has 23 nitrogen and oxygen atoms in total. The molecule has 0 saturated heterocycles. The smallest absolute Gasteiger partial charge is 0.416 e. The zero-order valence-corrected chi connectivity index (χ0v) is 40.3. The second-order valence-electron chi connectivity index (χ2n) is 16.8. The Morgan fingerprint density at radius 1 is 0.513 bits per heavy atom. The number of nitrogens with zero attached hydrogens (tertiary/aromatic N) is 3. The van der Waals surface area contributed by atoms with E-state index in [1.54, 1.807) is 6.07 Å². The van der Waals surface area contributed by atoms with Gasteiger partial charge >= 0.3 is 53.9 Å². The van der Waals surface area contributed by atoms with E-state index in [1.165, 1.54) is 42.6 Å². The number of aromatic nitrogens is 2. The standard InChI is InChI=1S/C13H13F4NO4.C13H13FN2O4.2C11H13FN2O4/c14-9-2-1-8(13(15,16)17)4-6(9)3-7(11(19)20)5-10(18)12(21)22;14-10-4-7(1-2-8(10)6-15)3-9(12(17)18)5-11(16)13(19)20;12-9-3-1-2-7(14-9)4-6(10(15)16)5-8(13)11(17)18;12-9-6(2-1-3-14-9)4-7(10(15)16)5-8(13)11(17)18/h1-2,4,7,10H,3,5,18H2,(H,19,20)(H,21,22);1-2,4,9,11H,3,5,16H2,(H,17,18)(H,19,20);1-3,6,8H,4-5,13H2,(H,15,16)(H,17,18);1-3,7-8H,4-5,13H2,(H,15,16)(H,17,18)/i2*14-1;2*12-1. The summed E-state index contributed by atoms with van der Waals surface area (Å²) in [7, 11) is 0.